The SMILES string of the molecule is C/C=C1\CC2C=CC1C2.C/C=C1\CC2CC1C1C3C=CC(C3)C21.C1=CC2C(C1)C1CC2C2C3C=CC(C3)C12.C1=CC2CC1CC2CCOc1ccc(-c2ccccc2)cc1.C1=CC2CC1CC2CCOc1ccccc1-c1ccccc1.CCCCC1CC2C=CC1C2.CCCCCCC1CC2C=CC1C2.CCCCCCCCC1CC2C=CC1C2.CCCCCCCCCCC1CC2C=CC1C2. The van der Waals surface area contributed by atoms with Gasteiger partial charge in [-0.2, -0.15) is 0 Å². The molecule has 0 N–H and O–H groups in total. The predicted octanol–water partition coefficient (Wildman–Crippen LogP) is 38.1. The van der Waals surface area contributed by atoms with Crippen molar-refractivity contribution in [1.82, 2.24) is 0 Å². The van der Waals surface area contributed by atoms with Gasteiger partial charge in [0.1, 0.15) is 11.5 Å². The lowest BCUT2D eigenvalue weighted by molar-refractivity contribution is 0.121. The average molecular weight is 1850 g/mol. The first-order valence-corrected chi connectivity index (χ1v) is 59.8. The highest BCUT2D eigenvalue weighted by Crippen LogP contribution is 2.71. The van der Waals surface area contributed by atoms with Crippen LogP contribution in [0.15, 0.2) is 254 Å². The van der Waals surface area contributed by atoms with Gasteiger partial charge in [0.25, 0.3) is 0 Å². The maximum Gasteiger partial charge on any atom is 0.127 e. The molecule has 34 unspecified atom stereocenters. The zero-order valence-electron chi connectivity index (χ0n) is 87.5. The van der Waals surface area contributed by atoms with Crippen LogP contribution in [0.4, 0.5) is 0 Å². The summed E-state index contributed by atoms with van der Waals surface area (Å²) >= 11 is 0. The third-order valence-corrected chi connectivity index (χ3v) is 41.1. The third kappa shape index (κ3) is 24.8. The normalized spacial score (nSPS) is 38.2. The molecule has 138 heavy (non-hydrogen) atoms. The minimum atomic E-state index is 0.818. The molecular weight excluding hydrogens is 1670 g/mol. The van der Waals surface area contributed by atoms with Crippen molar-refractivity contribution in [3.63, 3.8) is 0 Å². The topological polar surface area (TPSA) is 18.5 Å². The second kappa shape index (κ2) is 49.8. The molecule has 27 rings (SSSR count). The van der Waals surface area contributed by atoms with Gasteiger partial charge in [0.15, 0.2) is 0 Å². The molecule has 0 aromatic heterocycles. The first kappa shape index (κ1) is 100. The second-order valence-electron chi connectivity index (χ2n) is 49.5. The van der Waals surface area contributed by atoms with E-state index >= 15 is 0 Å². The van der Waals surface area contributed by atoms with Crippen LogP contribution in [-0.2, 0) is 0 Å². The Balaban J connectivity index is 0.000000100. The summed E-state index contributed by atoms with van der Waals surface area (Å²) in [7, 11) is 0. The zero-order chi connectivity index (χ0) is 93.9. The number of fused-ring (bicyclic) bond motifs is 35. The van der Waals surface area contributed by atoms with Gasteiger partial charge in [0, 0.05) is 5.56 Å². The van der Waals surface area contributed by atoms with Gasteiger partial charge in [-0.15, -0.1) is 0 Å². The van der Waals surface area contributed by atoms with E-state index < -0.39 is 0 Å². The Morgan fingerprint density at radius 2 is 0.659 bits per heavy atom. The number of rotatable bonds is 34. The van der Waals surface area contributed by atoms with Gasteiger partial charge < -0.3 is 9.47 Å². The standard InChI is InChI=1S/2C21H22O.C17H30.C15H18.C15H26.C14H18.C13H22.C11H18.C9H12/c1-2-6-17(7-3-1)20-8-4-5-9-21(20)22-13-12-19-15-16-10-11-18(19)14-16;1-2-4-17(5-3-1)18-8-10-21(11-9-18)22-13-12-20-15-16-6-7-19(20)14-16;1-2-3-4-5-6-7-8-9-10-16-13-15-11-12-17(16)14-15;1-2-10-11(3-1)13-7-12(10)14-8-4-5-9(6-8)15(13)14;1-2-3-4-5-6-7-8-14-11-13-9-10-15(14)12-13;1-2-8-5-11-7-12(8)14-10-4-3-9(6-10)13(11)14;1-2-3-4-5-6-12-9-11-7-8-13(12)10-11;1-2-3-4-10-7-9-5-6-11(10)8-9;1-2-8-5-7-3-4-9(8)6-7/h1-11,16,18-19H,12-15H2;1-11,16,19-20H,12-15H2;11-12,15-17H,2-10,13-14H2,1H3;1-2,4-5,8-15H,3,6-7H2;9-10,13-15H,2-8,11-12H2,1H3;2-4,9-14H,5-7H2,1H3;7-8,11-13H,2-6,9-10H2,1H3;5-6,9-11H,2-4,7-8H2,1H3;2-4,7,9H,5-6H2,1H3/b;;;;;8-2+;;;8-2+. The van der Waals surface area contributed by atoms with E-state index in [0.29, 0.717) is 0 Å². The monoisotopic (exact) mass is 1850 g/mol. The number of unbranched alkanes of at least 4 members (excludes halogenated alkanes) is 16. The van der Waals surface area contributed by atoms with Crippen LogP contribution in [0.2, 0.25) is 0 Å². The molecular formula is C136H188O2. The number of hydrogen-bond acceptors (Lipinski definition) is 2. The van der Waals surface area contributed by atoms with Crippen molar-refractivity contribution < 1.29 is 9.47 Å². The Hall–Kier alpha value is -6.64. The molecule has 4 aromatic rings. The summed E-state index contributed by atoms with van der Waals surface area (Å²) in [4.78, 5) is 0. The molecule has 2 heteroatoms. The van der Waals surface area contributed by atoms with Crippen LogP contribution in [0.3, 0.4) is 0 Å². The lowest BCUT2D eigenvalue weighted by atomic mass is 9.66. The molecule has 23 aliphatic carbocycles. The van der Waals surface area contributed by atoms with E-state index in [2.05, 4.69) is 278 Å². The van der Waals surface area contributed by atoms with Crippen LogP contribution in [0.1, 0.15) is 337 Å². The van der Waals surface area contributed by atoms with Gasteiger partial charge in [0.05, 0.1) is 13.2 Å². The van der Waals surface area contributed by atoms with E-state index in [1.807, 2.05) is 6.07 Å². The Labute approximate surface area is 842 Å². The highest BCUT2D eigenvalue weighted by atomic mass is 16.5. The van der Waals surface area contributed by atoms with E-state index in [9.17, 15) is 0 Å². The van der Waals surface area contributed by atoms with Gasteiger partial charge in [-0.25, -0.2) is 0 Å². The molecule has 744 valence electrons. The number of ether oxygens (including phenoxy) is 2. The van der Waals surface area contributed by atoms with E-state index in [1.165, 1.54) is 311 Å². The van der Waals surface area contributed by atoms with Crippen LogP contribution in [0.25, 0.3) is 22.3 Å². The molecule has 0 amide bonds. The fraction of sp³-hybridized carbons (Fsp3) is 0.647. The second-order valence-corrected chi connectivity index (χ2v) is 49.5. The minimum absolute atomic E-state index is 0.818. The van der Waals surface area contributed by atoms with Crippen molar-refractivity contribution in [2.45, 2.75) is 337 Å². The first-order valence-electron chi connectivity index (χ1n) is 59.8. The number of hydrogen-bond donors (Lipinski definition) is 0. The lowest BCUT2D eigenvalue weighted by Crippen LogP contribution is -2.34. The quantitative estimate of drug-likeness (QED) is 0.0264. The summed E-state index contributed by atoms with van der Waals surface area (Å²) in [6.45, 7) is 15.2. The molecule has 13 saturated carbocycles. The van der Waals surface area contributed by atoms with E-state index in [-0.39, 0.29) is 0 Å². The summed E-state index contributed by atoms with van der Waals surface area (Å²) in [6, 6.07) is 37.8. The molecule has 0 aliphatic heterocycles. The molecule has 22 bridgehead atoms. The molecule has 4 aromatic carbocycles. The summed E-state index contributed by atoms with van der Waals surface area (Å²) < 4.78 is 12.1. The van der Waals surface area contributed by atoms with Crippen molar-refractivity contribution in [1.29, 1.82) is 0 Å². The van der Waals surface area contributed by atoms with Crippen LogP contribution < -0.4 is 9.47 Å². The molecule has 0 saturated heterocycles. The average Bonchev–Trinajstić information content (AvgIpc) is 1.53. The molecule has 13 fully saturated rings. The van der Waals surface area contributed by atoms with Crippen molar-refractivity contribution in [2.24, 2.45) is 201 Å². The summed E-state index contributed by atoms with van der Waals surface area (Å²) in [5, 5.41) is 0. The first-order chi connectivity index (χ1) is 68.1. The van der Waals surface area contributed by atoms with Crippen molar-refractivity contribution >= 4 is 0 Å². The Morgan fingerprint density at radius 1 is 0.268 bits per heavy atom. The van der Waals surface area contributed by atoms with Crippen LogP contribution in [-0.4, -0.2) is 13.2 Å². The molecule has 34 atom stereocenters. The Kier molecular flexibility index (Phi) is 36.1. The summed E-state index contributed by atoms with van der Waals surface area (Å²) in [6.07, 6.45) is 121. The minimum Gasteiger partial charge on any atom is -0.494 e. The smallest absolute Gasteiger partial charge is 0.127 e. The summed E-state index contributed by atoms with van der Waals surface area (Å²) in [5.74, 6) is 35.5. The molecule has 0 radical (unpaired) electrons. The zero-order valence-corrected chi connectivity index (χ0v) is 87.5. The number of benzene rings is 4. The predicted molar refractivity (Wildman–Crippen MR) is 587 cm³/mol. The van der Waals surface area contributed by atoms with Crippen LogP contribution in [0, 0.1) is 201 Å². The van der Waals surface area contributed by atoms with Gasteiger partial charge in [-0.05, 0) is 417 Å². The highest BCUT2D eigenvalue weighted by molar-refractivity contribution is 5.70. The highest BCUT2D eigenvalue weighted by Gasteiger charge is 2.65. The van der Waals surface area contributed by atoms with Gasteiger partial charge in [-0.3, -0.25) is 0 Å². The summed E-state index contributed by atoms with van der Waals surface area (Å²) in [5.41, 5.74) is 8.38. The fourth-order valence-electron chi connectivity index (χ4n) is 34.2. The van der Waals surface area contributed by atoms with Crippen LogP contribution in [0.5, 0.6) is 11.5 Å². The van der Waals surface area contributed by atoms with Crippen molar-refractivity contribution in [3.8, 4) is 33.8 Å². The maximum absolute atomic E-state index is 6.14. The van der Waals surface area contributed by atoms with E-state index in [4.69, 9.17) is 9.47 Å². The molecule has 23 aliphatic rings. The van der Waals surface area contributed by atoms with Gasteiger partial charge >= 0.3 is 0 Å². The van der Waals surface area contributed by atoms with Crippen molar-refractivity contribution in [3.05, 3.63) is 254 Å². The Bertz CT molecular complexity index is 4770. The lowest BCUT2D eigenvalue weighted by Gasteiger charge is -2.38. The van der Waals surface area contributed by atoms with Crippen LogP contribution >= 0.6 is 0 Å². The van der Waals surface area contributed by atoms with Gasteiger partial charge in [0.2, 0.25) is 0 Å². The molecule has 0 heterocycles. The molecule has 0 spiro atoms. The number of para-hydroxylation sites is 1. The third-order valence-electron chi connectivity index (χ3n) is 41.1. The number of allylic oxidation sites excluding steroid dienone is 24. The van der Waals surface area contributed by atoms with Crippen molar-refractivity contribution in [2.75, 3.05) is 13.2 Å². The van der Waals surface area contributed by atoms with E-state index in [1.54, 1.807) is 17.6 Å². The molecule has 2 nitrogen and oxygen atoms in total. The maximum atomic E-state index is 6.14. The van der Waals surface area contributed by atoms with Gasteiger partial charge in [-0.1, -0.05) is 392 Å². The fourth-order valence-corrected chi connectivity index (χ4v) is 34.2. The largest absolute Gasteiger partial charge is 0.494 e. The Morgan fingerprint density at radius 3 is 1.09 bits per heavy atom. The van der Waals surface area contributed by atoms with E-state index in [0.717, 1.165) is 226 Å².